The Morgan fingerprint density at radius 2 is 1.83 bits per heavy atom. The van der Waals surface area contributed by atoms with Crippen LogP contribution in [0.1, 0.15) is 16.2 Å². The Bertz CT molecular complexity index is 1350. The zero-order valence-corrected chi connectivity index (χ0v) is 16.5. The number of aromatic nitrogens is 5. The van der Waals surface area contributed by atoms with E-state index >= 15 is 0 Å². The van der Waals surface area contributed by atoms with Gasteiger partial charge in [0.25, 0.3) is 5.91 Å². The zero-order valence-electron chi connectivity index (χ0n) is 16.5. The molecule has 0 saturated carbocycles. The number of carbonyl (C=O) groups excluding carboxylic acids is 1. The van der Waals surface area contributed by atoms with Crippen LogP contribution >= 0.6 is 0 Å². The van der Waals surface area contributed by atoms with Crippen molar-refractivity contribution in [3.05, 3.63) is 84.4 Å². The van der Waals surface area contributed by atoms with Gasteiger partial charge in [0.05, 0.1) is 22.9 Å². The molecule has 0 aliphatic rings. The third kappa shape index (κ3) is 3.10. The maximum atomic E-state index is 12.8. The van der Waals surface area contributed by atoms with E-state index in [9.17, 15) is 4.79 Å². The summed E-state index contributed by atoms with van der Waals surface area (Å²) < 4.78 is 3.81. The minimum atomic E-state index is -0.190. The van der Waals surface area contributed by atoms with Gasteiger partial charge >= 0.3 is 0 Å². The lowest BCUT2D eigenvalue weighted by Gasteiger charge is -2.08. The van der Waals surface area contributed by atoms with E-state index in [1.165, 1.54) is 0 Å². The Labute approximate surface area is 173 Å². The Morgan fingerprint density at radius 1 is 1.03 bits per heavy atom. The van der Waals surface area contributed by atoms with E-state index in [0.717, 1.165) is 28.1 Å². The van der Waals surface area contributed by atoms with Crippen molar-refractivity contribution in [1.82, 2.24) is 29.5 Å². The van der Waals surface area contributed by atoms with Crippen LogP contribution in [-0.4, -0.2) is 36.6 Å². The lowest BCUT2D eigenvalue weighted by atomic mass is 10.1. The first-order valence-corrected chi connectivity index (χ1v) is 9.80. The molecule has 0 radical (unpaired) electrons. The molecule has 5 aromatic rings. The van der Waals surface area contributed by atoms with Crippen molar-refractivity contribution in [2.45, 2.75) is 13.5 Å². The molecular formula is C23H20N6O. The lowest BCUT2D eigenvalue weighted by molar-refractivity contribution is 0.0953. The van der Waals surface area contributed by atoms with Crippen molar-refractivity contribution in [3.63, 3.8) is 0 Å². The molecule has 7 nitrogen and oxygen atoms in total. The highest BCUT2D eigenvalue weighted by molar-refractivity contribution is 5.99. The number of imidazole rings is 1. The highest BCUT2D eigenvalue weighted by Crippen LogP contribution is 2.20. The van der Waals surface area contributed by atoms with Crippen molar-refractivity contribution >= 4 is 22.6 Å². The molecule has 0 fully saturated rings. The largest absolute Gasteiger partial charge is 0.350 e. The van der Waals surface area contributed by atoms with Gasteiger partial charge in [0.15, 0.2) is 5.65 Å². The molecule has 0 unspecified atom stereocenters. The van der Waals surface area contributed by atoms with Gasteiger partial charge < -0.3 is 9.88 Å². The molecule has 1 amide bonds. The number of para-hydroxylation sites is 2. The van der Waals surface area contributed by atoms with Crippen LogP contribution in [0.5, 0.6) is 0 Å². The van der Waals surface area contributed by atoms with Gasteiger partial charge in [0.2, 0.25) is 0 Å². The molecule has 0 aliphatic carbocycles. The fraction of sp³-hybridized carbons (Fsp3) is 0.130. The number of rotatable bonds is 5. The van der Waals surface area contributed by atoms with E-state index in [1.807, 2.05) is 67.6 Å². The third-order valence-corrected chi connectivity index (χ3v) is 5.18. The number of amides is 1. The van der Waals surface area contributed by atoms with E-state index in [4.69, 9.17) is 0 Å². The lowest BCUT2D eigenvalue weighted by Crippen LogP contribution is -2.27. The van der Waals surface area contributed by atoms with E-state index in [1.54, 1.807) is 16.9 Å². The molecule has 2 aromatic carbocycles. The van der Waals surface area contributed by atoms with Crippen molar-refractivity contribution in [2.24, 2.45) is 0 Å². The zero-order chi connectivity index (χ0) is 20.5. The van der Waals surface area contributed by atoms with Gasteiger partial charge in [-0.1, -0.05) is 42.5 Å². The molecule has 1 N–H and O–H groups in total. The molecule has 0 aliphatic heterocycles. The molecule has 7 heteroatoms. The van der Waals surface area contributed by atoms with E-state index in [2.05, 4.69) is 25.0 Å². The third-order valence-electron chi connectivity index (χ3n) is 5.18. The first kappa shape index (κ1) is 18.1. The Morgan fingerprint density at radius 3 is 2.70 bits per heavy atom. The second-order valence-corrected chi connectivity index (χ2v) is 7.05. The summed E-state index contributed by atoms with van der Waals surface area (Å²) in [6, 6.07) is 19.8. The fourth-order valence-electron chi connectivity index (χ4n) is 3.73. The van der Waals surface area contributed by atoms with Gasteiger partial charge in [0.1, 0.15) is 11.4 Å². The number of hydrogen-bond donors (Lipinski definition) is 1. The van der Waals surface area contributed by atoms with E-state index in [0.29, 0.717) is 24.3 Å². The number of aryl methyl sites for hydroxylation is 1. The van der Waals surface area contributed by atoms with Crippen LogP contribution in [-0.2, 0) is 6.54 Å². The summed E-state index contributed by atoms with van der Waals surface area (Å²) in [6.07, 6.45) is 3.28. The smallest absolute Gasteiger partial charge is 0.256 e. The fourth-order valence-corrected chi connectivity index (χ4v) is 3.73. The van der Waals surface area contributed by atoms with Crippen LogP contribution in [0.2, 0.25) is 0 Å². The Hall–Kier alpha value is -4.00. The summed E-state index contributed by atoms with van der Waals surface area (Å²) >= 11 is 0. The molecular weight excluding hydrogens is 376 g/mol. The Balaban J connectivity index is 1.36. The summed E-state index contributed by atoms with van der Waals surface area (Å²) in [5.41, 5.74) is 4.93. The average Bonchev–Trinajstić information content (AvgIpc) is 3.35. The molecule has 3 heterocycles. The van der Waals surface area contributed by atoms with Gasteiger partial charge in [-0.25, -0.2) is 14.5 Å². The van der Waals surface area contributed by atoms with Gasteiger partial charge in [-0.3, -0.25) is 4.79 Å². The summed E-state index contributed by atoms with van der Waals surface area (Å²) in [7, 11) is 0. The predicted molar refractivity (Wildman–Crippen MR) is 115 cm³/mol. The number of fused-ring (bicyclic) bond motifs is 2. The standard InChI is InChI=1S/C23H20N6O/c1-16-27-19-9-5-6-10-21(19)28(16)14-13-25-23(30)18-15-26-29-20(11-12-24-22(18)29)17-7-3-2-4-8-17/h2-12,15H,13-14H2,1H3,(H,25,30). The van der Waals surface area contributed by atoms with Crippen molar-refractivity contribution in [3.8, 4) is 11.3 Å². The number of nitrogens with zero attached hydrogens (tertiary/aromatic N) is 5. The van der Waals surface area contributed by atoms with Crippen LogP contribution in [0.3, 0.4) is 0 Å². The molecule has 5 rings (SSSR count). The Kier molecular flexibility index (Phi) is 4.48. The molecule has 0 saturated heterocycles. The summed E-state index contributed by atoms with van der Waals surface area (Å²) in [4.78, 5) is 21.8. The van der Waals surface area contributed by atoms with Crippen LogP contribution < -0.4 is 5.32 Å². The van der Waals surface area contributed by atoms with Crippen molar-refractivity contribution in [1.29, 1.82) is 0 Å². The summed E-state index contributed by atoms with van der Waals surface area (Å²) in [6.45, 7) is 3.10. The topological polar surface area (TPSA) is 77.1 Å². The molecule has 148 valence electrons. The average molecular weight is 396 g/mol. The monoisotopic (exact) mass is 396 g/mol. The number of benzene rings is 2. The van der Waals surface area contributed by atoms with Crippen LogP contribution in [0.4, 0.5) is 0 Å². The van der Waals surface area contributed by atoms with Gasteiger partial charge in [-0.2, -0.15) is 5.10 Å². The van der Waals surface area contributed by atoms with E-state index < -0.39 is 0 Å². The number of nitrogens with one attached hydrogen (secondary N) is 1. The van der Waals surface area contributed by atoms with Crippen molar-refractivity contribution < 1.29 is 4.79 Å². The second kappa shape index (κ2) is 7.44. The number of carbonyl (C=O) groups is 1. The van der Waals surface area contributed by atoms with Crippen molar-refractivity contribution in [2.75, 3.05) is 6.54 Å². The number of hydrogen-bond acceptors (Lipinski definition) is 4. The van der Waals surface area contributed by atoms with Crippen LogP contribution in [0, 0.1) is 6.92 Å². The van der Waals surface area contributed by atoms with E-state index in [-0.39, 0.29) is 5.91 Å². The van der Waals surface area contributed by atoms with Crippen LogP contribution in [0.15, 0.2) is 73.1 Å². The van der Waals surface area contributed by atoms with Gasteiger partial charge in [-0.05, 0) is 25.1 Å². The van der Waals surface area contributed by atoms with Crippen LogP contribution in [0.25, 0.3) is 27.9 Å². The summed E-state index contributed by atoms with van der Waals surface area (Å²) in [5, 5.41) is 7.39. The quantitative estimate of drug-likeness (QED) is 0.493. The highest BCUT2D eigenvalue weighted by Gasteiger charge is 2.16. The second-order valence-electron chi connectivity index (χ2n) is 7.05. The predicted octanol–water partition coefficient (Wildman–Crippen LogP) is 3.48. The molecule has 0 spiro atoms. The summed E-state index contributed by atoms with van der Waals surface area (Å²) in [5.74, 6) is 0.736. The first-order chi connectivity index (χ1) is 14.7. The highest BCUT2D eigenvalue weighted by atomic mass is 16.1. The molecule has 30 heavy (non-hydrogen) atoms. The SMILES string of the molecule is Cc1nc2ccccc2n1CCNC(=O)c1cnn2c(-c3ccccc3)ccnc12. The van der Waals surface area contributed by atoms with Gasteiger partial charge in [0, 0.05) is 24.8 Å². The molecule has 3 aromatic heterocycles. The first-order valence-electron chi connectivity index (χ1n) is 9.80. The molecule has 0 atom stereocenters. The maximum Gasteiger partial charge on any atom is 0.256 e. The minimum Gasteiger partial charge on any atom is -0.350 e. The maximum absolute atomic E-state index is 12.8. The normalized spacial score (nSPS) is 11.2. The van der Waals surface area contributed by atoms with Gasteiger partial charge in [-0.15, -0.1) is 0 Å². The molecule has 0 bridgehead atoms. The minimum absolute atomic E-state index is 0.190.